The summed E-state index contributed by atoms with van der Waals surface area (Å²) in [7, 11) is 0. The van der Waals surface area contributed by atoms with Gasteiger partial charge >= 0.3 is 0 Å². The van der Waals surface area contributed by atoms with Gasteiger partial charge in [-0.25, -0.2) is 8.78 Å². The molecule has 0 spiro atoms. The van der Waals surface area contributed by atoms with E-state index in [2.05, 4.69) is 21.2 Å². The van der Waals surface area contributed by atoms with Crippen LogP contribution in [0.4, 0.5) is 14.5 Å². The third-order valence-electron chi connectivity index (χ3n) is 2.94. The number of rotatable bonds is 4. The molecule has 0 fully saturated rings. The summed E-state index contributed by atoms with van der Waals surface area (Å²) in [5.74, 6) is -1.23. The van der Waals surface area contributed by atoms with Gasteiger partial charge in [0.15, 0.2) is 0 Å². The zero-order valence-electron chi connectivity index (χ0n) is 11.0. The van der Waals surface area contributed by atoms with Gasteiger partial charge in [0.05, 0.1) is 11.3 Å². The number of anilines is 1. The molecule has 0 radical (unpaired) electrons. The normalized spacial score (nSPS) is 10.4. The fourth-order valence-electron chi connectivity index (χ4n) is 1.81. The monoisotopic (exact) mass is 354 g/mol. The Morgan fingerprint density at radius 1 is 1.19 bits per heavy atom. The minimum atomic E-state index is -0.579. The van der Waals surface area contributed by atoms with Crippen molar-refractivity contribution in [2.75, 3.05) is 12.3 Å². The number of benzene rings is 2. The molecule has 0 aromatic heterocycles. The van der Waals surface area contributed by atoms with Gasteiger partial charge in [0.25, 0.3) is 5.91 Å². The fourth-order valence-corrected chi connectivity index (χ4v) is 2.30. The average molecular weight is 355 g/mol. The molecule has 3 N–H and O–H groups in total. The molecule has 0 bridgehead atoms. The Kier molecular flexibility index (Phi) is 4.90. The minimum absolute atomic E-state index is 0.0816. The molecule has 0 aliphatic carbocycles. The first-order valence-electron chi connectivity index (χ1n) is 6.24. The largest absolute Gasteiger partial charge is 0.396 e. The smallest absolute Gasteiger partial charge is 0.252 e. The van der Waals surface area contributed by atoms with Crippen molar-refractivity contribution < 1.29 is 13.6 Å². The van der Waals surface area contributed by atoms with E-state index in [4.69, 9.17) is 5.73 Å². The summed E-state index contributed by atoms with van der Waals surface area (Å²) < 4.78 is 26.3. The van der Waals surface area contributed by atoms with Crippen LogP contribution in [0, 0.1) is 11.6 Å². The Balaban J connectivity index is 1.96. The molecule has 0 atom stereocenters. The summed E-state index contributed by atoms with van der Waals surface area (Å²) in [6, 6.07) is 8.50. The van der Waals surface area contributed by atoms with Gasteiger partial charge < -0.3 is 11.1 Å². The van der Waals surface area contributed by atoms with Gasteiger partial charge in [0.1, 0.15) is 11.6 Å². The van der Waals surface area contributed by atoms with E-state index < -0.39 is 5.82 Å². The number of nitrogens with one attached hydrogen (secondary N) is 1. The molecule has 110 valence electrons. The lowest BCUT2D eigenvalue weighted by Gasteiger charge is -2.08. The summed E-state index contributed by atoms with van der Waals surface area (Å²) >= 11 is 3.13. The summed E-state index contributed by atoms with van der Waals surface area (Å²) in [6.07, 6.45) is 0.570. The molecule has 0 unspecified atom stereocenters. The maximum Gasteiger partial charge on any atom is 0.252 e. The predicted molar refractivity (Wildman–Crippen MR) is 80.9 cm³/mol. The molecule has 3 nitrogen and oxygen atoms in total. The number of halogens is 3. The van der Waals surface area contributed by atoms with Crippen molar-refractivity contribution in [3.8, 4) is 0 Å². The zero-order valence-corrected chi connectivity index (χ0v) is 12.6. The van der Waals surface area contributed by atoms with E-state index in [1.807, 2.05) is 0 Å². The molecular formula is C15H13BrF2N2O. The van der Waals surface area contributed by atoms with Crippen LogP contribution in [-0.4, -0.2) is 12.5 Å². The molecule has 0 saturated heterocycles. The maximum atomic E-state index is 13.2. The van der Waals surface area contributed by atoms with E-state index in [0.717, 1.165) is 11.6 Å². The third-order valence-corrected chi connectivity index (χ3v) is 3.60. The highest BCUT2D eigenvalue weighted by atomic mass is 79.9. The van der Waals surface area contributed by atoms with E-state index in [-0.39, 0.29) is 23.0 Å². The van der Waals surface area contributed by atoms with Gasteiger partial charge in [-0.2, -0.15) is 0 Å². The van der Waals surface area contributed by atoms with Crippen molar-refractivity contribution in [3.63, 3.8) is 0 Å². The lowest BCUT2D eigenvalue weighted by atomic mass is 10.1. The first-order valence-corrected chi connectivity index (χ1v) is 7.04. The van der Waals surface area contributed by atoms with Crippen molar-refractivity contribution in [1.82, 2.24) is 5.32 Å². The Hall–Kier alpha value is -1.95. The molecule has 0 aliphatic heterocycles. The van der Waals surface area contributed by atoms with Crippen LogP contribution in [0.15, 0.2) is 40.9 Å². The van der Waals surface area contributed by atoms with Gasteiger partial charge in [-0.1, -0.05) is 12.1 Å². The fraction of sp³-hybridized carbons (Fsp3) is 0.133. The van der Waals surface area contributed by atoms with Crippen molar-refractivity contribution in [1.29, 1.82) is 0 Å². The van der Waals surface area contributed by atoms with E-state index >= 15 is 0 Å². The Bertz CT molecular complexity index is 659. The summed E-state index contributed by atoms with van der Waals surface area (Å²) in [5, 5.41) is 2.71. The van der Waals surface area contributed by atoms with Crippen LogP contribution < -0.4 is 11.1 Å². The van der Waals surface area contributed by atoms with Gasteiger partial charge in [-0.15, -0.1) is 0 Å². The second-order valence-corrected chi connectivity index (χ2v) is 5.34. The first-order chi connectivity index (χ1) is 9.97. The average Bonchev–Trinajstić information content (AvgIpc) is 2.45. The van der Waals surface area contributed by atoms with E-state index in [1.54, 1.807) is 12.1 Å². The highest BCUT2D eigenvalue weighted by Gasteiger charge is 2.12. The lowest BCUT2D eigenvalue weighted by Crippen LogP contribution is -2.26. The van der Waals surface area contributed by atoms with Crippen LogP contribution >= 0.6 is 15.9 Å². The highest BCUT2D eigenvalue weighted by molar-refractivity contribution is 9.10. The first kappa shape index (κ1) is 15.4. The lowest BCUT2D eigenvalue weighted by molar-refractivity contribution is 0.0953. The summed E-state index contributed by atoms with van der Waals surface area (Å²) in [4.78, 5) is 12.0. The number of nitrogen functional groups attached to an aromatic ring is 1. The standard InChI is InChI=1S/C15H13BrF2N2O/c16-12-8-13(18)14(19)7-11(12)15(21)20-6-5-9-1-3-10(17)4-2-9/h1-4,7-8H,5-6,19H2,(H,20,21). The Morgan fingerprint density at radius 3 is 2.52 bits per heavy atom. The topological polar surface area (TPSA) is 55.1 Å². The van der Waals surface area contributed by atoms with Crippen LogP contribution in [0.25, 0.3) is 0 Å². The van der Waals surface area contributed by atoms with Crippen LogP contribution in [-0.2, 0) is 6.42 Å². The molecule has 2 aromatic carbocycles. The molecule has 0 aliphatic rings. The van der Waals surface area contributed by atoms with Crippen molar-refractivity contribution in [2.45, 2.75) is 6.42 Å². The number of hydrogen-bond acceptors (Lipinski definition) is 2. The molecule has 2 rings (SSSR count). The van der Waals surface area contributed by atoms with Gasteiger partial charge in [0.2, 0.25) is 0 Å². The van der Waals surface area contributed by atoms with E-state index in [0.29, 0.717) is 17.4 Å². The molecule has 0 heterocycles. The van der Waals surface area contributed by atoms with Crippen molar-refractivity contribution in [3.05, 3.63) is 63.6 Å². The molecule has 6 heteroatoms. The predicted octanol–water partition coefficient (Wildman–Crippen LogP) is 3.28. The highest BCUT2D eigenvalue weighted by Crippen LogP contribution is 2.22. The van der Waals surface area contributed by atoms with Gasteiger partial charge in [0, 0.05) is 11.0 Å². The van der Waals surface area contributed by atoms with Gasteiger partial charge in [-0.3, -0.25) is 4.79 Å². The minimum Gasteiger partial charge on any atom is -0.396 e. The zero-order chi connectivity index (χ0) is 15.4. The summed E-state index contributed by atoms with van der Waals surface area (Å²) in [6.45, 7) is 0.383. The second-order valence-electron chi connectivity index (χ2n) is 4.49. The second kappa shape index (κ2) is 6.67. The molecule has 1 amide bonds. The quantitative estimate of drug-likeness (QED) is 0.827. The number of carbonyl (C=O) groups is 1. The number of hydrogen-bond donors (Lipinski definition) is 2. The van der Waals surface area contributed by atoms with E-state index in [1.165, 1.54) is 18.2 Å². The molecule has 21 heavy (non-hydrogen) atoms. The van der Waals surface area contributed by atoms with E-state index in [9.17, 15) is 13.6 Å². The Morgan fingerprint density at radius 2 is 1.86 bits per heavy atom. The van der Waals surface area contributed by atoms with Gasteiger partial charge in [-0.05, 0) is 52.2 Å². The van der Waals surface area contributed by atoms with Crippen molar-refractivity contribution >= 4 is 27.5 Å². The molecule has 0 saturated carbocycles. The Labute approximate surface area is 129 Å². The summed E-state index contributed by atoms with van der Waals surface area (Å²) in [5.41, 5.74) is 6.55. The molecule has 2 aromatic rings. The molecular weight excluding hydrogens is 342 g/mol. The maximum absolute atomic E-state index is 13.2. The van der Waals surface area contributed by atoms with Crippen LogP contribution in [0.3, 0.4) is 0 Å². The number of carbonyl (C=O) groups excluding carboxylic acids is 1. The van der Waals surface area contributed by atoms with Crippen LogP contribution in [0.1, 0.15) is 15.9 Å². The number of amides is 1. The third kappa shape index (κ3) is 4.01. The van der Waals surface area contributed by atoms with Crippen molar-refractivity contribution in [2.24, 2.45) is 0 Å². The number of nitrogens with two attached hydrogens (primary N) is 1. The van der Waals surface area contributed by atoms with Crippen LogP contribution in [0.5, 0.6) is 0 Å². The van der Waals surface area contributed by atoms with Crippen LogP contribution in [0.2, 0.25) is 0 Å². The SMILES string of the molecule is Nc1cc(C(=O)NCCc2ccc(F)cc2)c(Br)cc1F.